The highest BCUT2D eigenvalue weighted by atomic mass is 32.1. The zero-order valence-corrected chi connectivity index (χ0v) is 12.7. The number of para-hydroxylation sites is 1. The molecule has 0 aliphatic rings. The van der Waals surface area contributed by atoms with Gasteiger partial charge in [0, 0.05) is 5.56 Å². The van der Waals surface area contributed by atoms with Crippen molar-refractivity contribution < 1.29 is 9.53 Å². The summed E-state index contributed by atoms with van der Waals surface area (Å²) in [6.07, 6.45) is 1.59. The highest BCUT2D eigenvalue weighted by Gasteiger charge is 2.16. The molecule has 0 saturated carbocycles. The number of ether oxygens (including phenoxy) is 1. The van der Waals surface area contributed by atoms with Crippen molar-refractivity contribution in [1.82, 2.24) is 0 Å². The first-order chi connectivity index (χ1) is 10.2. The zero-order valence-electron chi connectivity index (χ0n) is 11.9. The maximum Gasteiger partial charge on any atom is 0.213 e. The lowest BCUT2D eigenvalue weighted by Gasteiger charge is -2.07. The van der Waals surface area contributed by atoms with E-state index in [4.69, 9.17) is 4.74 Å². The Morgan fingerprint density at radius 1 is 1.38 bits per heavy atom. The molecular weight excluding hydrogens is 282 g/mol. The van der Waals surface area contributed by atoms with E-state index in [1.165, 1.54) is 11.3 Å². The highest BCUT2D eigenvalue weighted by Crippen LogP contribution is 2.24. The molecule has 0 bridgehead atoms. The Hall–Kier alpha value is -2.38. The topological polar surface area (TPSA) is 50.1 Å². The number of carbonyl (C=O) groups excluding carboxylic acids is 1. The van der Waals surface area contributed by atoms with E-state index < -0.39 is 0 Å². The molecule has 0 amide bonds. The summed E-state index contributed by atoms with van der Waals surface area (Å²) in [6, 6.07) is 11.2. The molecule has 0 aliphatic carbocycles. The molecule has 0 aliphatic heterocycles. The van der Waals surface area contributed by atoms with Crippen molar-refractivity contribution in [3.63, 3.8) is 0 Å². The van der Waals surface area contributed by atoms with Crippen molar-refractivity contribution in [2.75, 3.05) is 6.61 Å². The van der Waals surface area contributed by atoms with Crippen LogP contribution in [0.15, 0.2) is 41.3 Å². The van der Waals surface area contributed by atoms with Crippen LogP contribution in [0.4, 0.5) is 0 Å². The SMILES string of the molecule is CCOc1ccccc1/C=C(\C#N)C(=O)c1sccc1C. The third kappa shape index (κ3) is 3.39. The van der Waals surface area contributed by atoms with Gasteiger partial charge in [-0.2, -0.15) is 5.26 Å². The van der Waals surface area contributed by atoms with Gasteiger partial charge in [-0.05, 0) is 43.0 Å². The lowest BCUT2D eigenvalue weighted by atomic mass is 10.0. The minimum atomic E-state index is -0.240. The highest BCUT2D eigenvalue weighted by molar-refractivity contribution is 7.12. The molecule has 0 N–H and O–H groups in total. The first-order valence-electron chi connectivity index (χ1n) is 6.59. The number of ketones is 1. The number of allylic oxidation sites excluding steroid dienone is 1. The van der Waals surface area contributed by atoms with E-state index in [0.717, 1.165) is 11.1 Å². The lowest BCUT2D eigenvalue weighted by Crippen LogP contribution is -2.01. The van der Waals surface area contributed by atoms with Gasteiger partial charge in [-0.3, -0.25) is 4.79 Å². The van der Waals surface area contributed by atoms with Crippen LogP contribution in [-0.2, 0) is 0 Å². The second kappa shape index (κ2) is 6.87. The molecule has 4 heteroatoms. The summed E-state index contributed by atoms with van der Waals surface area (Å²) in [5.41, 5.74) is 1.75. The van der Waals surface area contributed by atoms with Crippen molar-refractivity contribution in [2.24, 2.45) is 0 Å². The molecule has 3 nitrogen and oxygen atoms in total. The molecule has 0 saturated heterocycles. The van der Waals surface area contributed by atoms with Gasteiger partial charge in [-0.15, -0.1) is 11.3 Å². The van der Waals surface area contributed by atoms with Gasteiger partial charge in [0.25, 0.3) is 0 Å². The van der Waals surface area contributed by atoms with Crippen molar-refractivity contribution >= 4 is 23.2 Å². The molecule has 1 aromatic heterocycles. The number of aryl methyl sites for hydroxylation is 1. The van der Waals surface area contributed by atoms with E-state index >= 15 is 0 Å². The van der Waals surface area contributed by atoms with Gasteiger partial charge in [0.2, 0.25) is 5.78 Å². The largest absolute Gasteiger partial charge is 0.493 e. The van der Waals surface area contributed by atoms with Crippen molar-refractivity contribution in [3.05, 3.63) is 57.3 Å². The molecule has 0 fully saturated rings. The van der Waals surface area contributed by atoms with Gasteiger partial charge in [-0.1, -0.05) is 18.2 Å². The van der Waals surface area contributed by atoms with Gasteiger partial charge >= 0.3 is 0 Å². The molecule has 2 rings (SSSR count). The maximum absolute atomic E-state index is 12.4. The van der Waals surface area contributed by atoms with Gasteiger partial charge in [0.05, 0.1) is 11.5 Å². The lowest BCUT2D eigenvalue weighted by molar-refractivity contribution is 0.104. The summed E-state index contributed by atoms with van der Waals surface area (Å²) in [4.78, 5) is 13.0. The molecule has 0 spiro atoms. The van der Waals surface area contributed by atoms with Gasteiger partial charge in [0.1, 0.15) is 17.4 Å². The number of thiophene rings is 1. The van der Waals surface area contributed by atoms with Crippen LogP contribution in [0.3, 0.4) is 0 Å². The average molecular weight is 297 g/mol. The smallest absolute Gasteiger partial charge is 0.213 e. The Bertz CT molecular complexity index is 722. The monoisotopic (exact) mass is 297 g/mol. The minimum Gasteiger partial charge on any atom is -0.493 e. The van der Waals surface area contributed by atoms with Crippen molar-refractivity contribution in [3.8, 4) is 11.8 Å². The Labute approximate surface area is 128 Å². The Kier molecular flexibility index (Phi) is 4.91. The second-order valence-electron chi connectivity index (χ2n) is 4.40. The van der Waals surface area contributed by atoms with E-state index in [1.807, 2.05) is 55.6 Å². The van der Waals surface area contributed by atoms with Crippen LogP contribution < -0.4 is 4.74 Å². The predicted octanol–water partition coefficient (Wildman–Crippen LogP) is 4.25. The van der Waals surface area contributed by atoms with Gasteiger partial charge < -0.3 is 4.74 Å². The minimum absolute atomic E-state index is 0.118. The Balaban J connectivity index is 2.40. The Morgan fingerprint density at radius 2 is 2.14 bits per heavy atom. The summed E-state index contributed by atoms with van der Waals surface area (Å²) in [5, 5.41) is 11.1. The van der Waals surface area contributed by atoms with Crippen LogP contribution in [-0.4, -0.2) is 12.4 Å². The molecule has 2 aromatic rings. The molecule has 0 unspecified atom stereocenters. The van der Waals surface area contributed by atoms with Crippen LogP contribution in [0.5, 0.6) is 5.75 Å². The third-order valence-corrected chi connectivity index (χ3v) is 3.97. The molecule has 106 valence electrons. The number of nitriles is 1. The fourth-order valence-corrected chi connectivity index (χ4v) is 2.80. The number of hydrogen-bond donors (Lipinski definition) is 0. The quantitative estimate of drug-likeness (QED) is 0.471. The first-order valence-corrected chi connectivity index (χ1v) is 7.47. The van der Waals surface area contributed by atoms with Crippen LogP contribution in [0, 0.1) is 18.3 Å². The summed E-state index contributed by atoms with van der Waals surface area (Å²) in [5.74, 6) is 0.430. The first kappa shape index (κ1) is 15.0. The summed E-state index contributed by atoms with van der Waals surface area (Å²) < 4.78 is 5.51. The second-order valence-corrected chi connectivity index (χ2v) is 5.32. The van der Waals surface area contributed by atoms with E-state index in [9.17, 15) is 10.1 Å². The Morgan fingerprint density at radius 3 is 2.76 bits per heavy atom. The average Bonchev–Trinajstić information content (AvgIpc) is 2.92. The summed E-state index contributed by atoms with van der Waals surface area (Å²) >= 11 is 1.35. The zero-order chi connectivity index (χ0) is 15.2. The van der Waals surface area contributed by atoms with Crippen LogP contribution >= 0.6 is 11.3 Å². The predicted molar refractivity (Wildman–Crippen MR) is 84.6 cm³/mol. The van der Waals surface area contributed by atoms with E-state index in [1.54, 1.807) is 6.08 Å². The van der Waals surface area contributed by atoms with Crippen molar-refractivity contribution in [2.45, 2.75) is 13.8 Å². The number of carbonyl (C=O) groups is 1. The molecule has 0 radical (unpaired) electrons. The molecular formula is C17H15NO2S. The van der Waals surface area contributed by atoms with Gasteiger partial charge in [0.15, 0.2) is 0 Å². The van der Waals surface area contributed by atoms with Crippen molar-refractivity contribution in [1.29, 1.82) is 5.26 Å². The fraction of sp³-hybridized carbons (Fsp3) is 0.176. The van der Waals surface area contributed by atoms with Crippen LogP contribution in [0.1, 0.15) is 27.7 Å². The summed E-state index contributed by atoms with van der Waals surface area (Å²) in [6.45, 7) is 4.30. The number of hydrogen-bond acceptors (Lipinski definition) is 4. The maximum atomic E-state index is 12.4. The van der Waals surface area contributed by atoms with Crippen LogP contribution in [0.25, 0.3) is 6.08 Å². The number of benzene rings is 1. The van der Waals surface area contributed by atoms with Gasteiger partial charge in [-0.25, -0.2) is 0 Å². The van der Waals surface area contributed by atoms with E-state index in [-0.39, 0.29) is 11.4 Å². The van der Waals surface area contributed by atoms with E-state index in [2.05, 4.69) is 0 Å². The standard InChI is InChI=1S/C17H15NO2S/c1-3-20-15-7-5-4-6-13(15)10-14(11-18)16(19)17-12(2)8-9-21-17/h4-10H,3H2,1-2H3/b14-10+. The van der Waals surface area contributed by atoms with Crippen LogP contribution in [0.2, 0.25) is 0 Å². The normalized spacial score (nSPS) is 11.0. The number of nitrogens with zero attached hydrogens (tertiary/aromatic N) is 1. The molecule has 1 aromatic carbocycles. The molecule has 1 heterocycles. The third-order valence-electron chi connectivity index (χ3n) is 2.95. The number of Topliss-reactive ketones (excluding diaryl/α,β-unsaturated/α-hetero) is 1. The summed E-state index contributed by atoms with van der Waals surface area (Å²) in [7, 11) is 0. The molecule has 21 heavy (non-hydrogen) atoms. The van der Waals surface area contributed by atoms with E-state index in [0.29, 0.717) is 17.2 Å². The number of rotatable bonds is 5. The molecule has 0 atom stereocenters. The fourth-order valence-electron chi connectivity index (χ4n) is 1.92.